The Morgan fingerprint density at radius 3 is 1.89 bits per heavy atom. The summed E-state index contributed by atoms with van der Waals surface area (Å²) in [4.78, 5) is 13.9. The van der Waals surface area contributed by atoms with Gasteiger partial charge in [0, 0.05) is 5.56 Å². The van der Waals surface area contributed by atoms with Crippen LogP contribution in [0, 0.1) is 0 Å². The fourth-order valence-corrected chi connectivity index (χ4v) is 7.43. The van der Waals surface area contributed by atoms with Crippen LogP contribution in [0.25, 0.3) is 0 Å². The zero-order valence-electron chi connectivity index (χ0n) is 14.7. The topological polar surface area (TPSA) is 71.4 Å². The van der Waals surface area contributed by atoms with E-state index in [0.29, 0.717) is 0 Å². The van der Waals surface area contributed by atoms with Crippen molar-refractivity contribution in [2.24, 2.45) is 0 Å². The van der Waals surface area contributed by atoms with Crippen molar-refractivity contribution in [2.45, 2.75) is 18.3 Å². The number of allylic oxidation sites excluding steroid dienone is 1. The maximum atomic E-state index is 12.8. The fourth-order valence-electron chi connectivity index (χ4n) is 2.31. The molecule has 1 fully saturated rings. The summed E-state index contributed by atoms with van der Waals surface area (Å²) in [6, 6.07) is 9.73. The van der Waals surface area contributed by atoms with Gasteiger partial charge in [-0.3, -0.25) is 9.35 Å². The van der Waals surface area contributed by atoms with Gasteiger partial charge in [-0.05, 0) is 36.9 Å². The van der Waals surface area contributed by atoms with Crippen molar-refractivity contribution < 1.29 is 30.9 Å². The van der Waals surface area contributed by atoms with Gasteiger partial charge in [0.15, 0.2) is 5.78 Å². The number of hydrogen-bond donors (Lipinski definition) is 2. The zero-order chi connectivity index (χ0) is 20.7. The minimum atomic E-state index is -5.84. The molecule has 11 heteroatoms. The summed E-state index contributed by atoms with van der Waals surface area (Å²) in [5.41, 5.74) is -4.69. The lowest BCUT2D eigenvalue weighted by Gasteiger charge is -2.21. The van der Waals surface area contributed by atoms with Crippen LogP contribution in [0.1, 0.15) is 23.2 Å². The number of alkyl halides is 3. The molecule has 1 aromatic carbocycles. The van der Waals surface area contributed by atoms with Crippen LogP contribution in [0.3, 0.4) is 0 Å². The number of carbonyl (C=O) groups is 1. The molecule has 1 aliphatic rings. The van der Waals surface area contributed by atoms with Crippen molar-refractivity contribution in [1.29, 1.82) is 0 Å². The summed E-state index contributed by atoms with van der Waals surface area (Å²) >= 11 is 3.45. The van der Waals surface area contributed by atoms with Gasteiger partial charge in [-0.15, -0.1) is 23.5 Å². The average Bonchev–Trinajstić information content (AvgIpc) is 3.12. The van der Waals surface area contributed by atoms with Crippen molar-refractivity contribution >= 4 is 50.3 Å². The minimum absolute atomic E-state index is 0.234. The molecule has 0 atom stereocenters. The first kappa shape index (κ1) is 24.4. The Bertz CT molecular complexity index is 750. The summed E-state index contributed by atoms with van der Waals surface area (Å²) in [7, 11) is -6.07. The molecule has 1 heterocycles. The van der Waals surface area contributed by atoms with E-state index in [1.165, 1.54) is 28.6 Å². The van der Waals surface area contributed by atoms with Gasteiger partial charge in [0.1, 0.15) is 0 Å². The first-order chi connectivity index (χ1) is 12.5. The van der Waals surface area contributed by atoms with Crippen LogP contribution in [0.4, 0.5) is 13.2 Å². The fraction of sp³-hybridized carbons (Fsp3) is 0.438. The molecular weight excluding hydrogens is 441 g/mol. The summed E-state index contributed by atoms with van der Waals surface area (Å²) < 4.78 is 58.8. The van der Waals surface area contributed by atoms with E-state index in [2.05, 4.69) is 12.5 Å². The molecule has 0 aliphatic carbocycles. The molecule has 0 aromatic heterocycles. The Morgan fingerprint density at radius 2 is 1.52 bits per heavy atom. The third-order valence-corrected chi connectivity index (χ3v) is 9.34. The van der Waals surface area contributed by atoms with Gasteiger partial charge in [-0.25, -0.2) is 10.9 Å². The van der Waals surface area contributed by atoms with E-state index < -0.39 is 15.6 Å². The van der Waals surface area contributed by atoms with Crippen molar-refractivity contribution in [3.63, 3.8) is 0 Å². The van der Waals surface area contributed by atoms with Gasteiger partial charge in [0.2, 0.25) is 0 Å². The van der Waals surface area contributed by atoms with E-state index in [1.54, 1.807) is 23.5 Å². The molecule has 1 aliphatic heterocycles. The molecule has 0 radical (unpaired) electrons. The molecule has 0 saturated carbocycles. The number of hydrogen-bond acceptors (Lipinski definition) is 5. The zero-order valence-corrected chi connectivity index (χ0v) is 18.0. The summed E-state index contributed by atoms with van der Waals surface area (Å²) in [5, 5.41) is 0. The molecule has 2 rings (SSSR count). The number of benzene rings is 1. The van der Waals surface area contributed by atoms with Gasteiger partial charge in [-0.1, -0.05) is 30.3 Å². The Balaban J connectivity index is 0.000000387. The van der Waals surface area contributed by atoms with E-state index in [0.717, 1.165) is 10.5 Å². The van der Waals surface area contributed by atoms with Crippen LogP contribution in [0.15, 0.2) is 39.5 Å². The number of halogens is 3. The molecule has 154 valence electrons. The molecule has 0 bridgehead atoms. The Morgan fingerprint density at radius 1 is 1.07 bits per heavy atom. The monoisotopic (exact) mass is 462 g/mol. The first-order valence-electron chi connectivity index (χ1n) is 7.73. The Labute approximate surface area is 168 Å². The molecule has 0 unspecified atom stereocenters. The highest BCUT2D eigenvalue weighted by atomic mass is 32.2. The first-order valence-corrected chi connectivity index (χ1v) is 13.3. The van der Waals surface area contributed by atoms with Gasteiger partial charge >= 0.3 is 15.6 Å². The van der Waals surface area contributed by atoms with Crippen LogP contribution in [-0.2, 0) is 10.1 Å². The highest BCUT2D eigenvalue weighted by Gasteiger charge is 2.44. The van der Waals surface area contributed by atoms with E-state index in [4.69, 9.17) is 13.0 Å². The molecule has 27 heavy (non-hydrogen) atoms. The summed E-state index contributed by atoms with van der Waals surface area (Å²) in [6.45, 7) is 0. The van der Waals surface area contributed by atoms with E-state index in [-0.39, 0.29) is 16.7 Å². The quantitative estimate of drug-likeness (QED) is 0.212. The van der Waals surface area contributed by atoms with Gasteiger partial charge in [0.25, 0.3) is 0 Å². The highest BCUT2D eigenvalue weighted by Crippen LogP contribution is 2.48. The minimum Gasteiger partial charge on any atom is -0.288 e. The van der Waals surface area contributed by atoms with Crippen molar-refractivity contribution in [1.82, 2.24) is 0 Å². The van der Waals surface area contributed by atoms with Crippen LogP contribution < -0.4 is 0 Å². The van der Waals surface area contributed by atoms with Crippen LogP contribution in [0.2, 0.25) is 0 Å². The molecule has 1 N–H and O–H groups in total. The standard InChI is InChI=1S/C15H20OS3.CHF3O3S/c1-17-15(18-2)14(19-10-6-7-11-19)13(16)12-8-4-3-5-9-12;2-1(3,4)8(5,6)7/h3-5,8-9,19H,6-7,10-11H2,1-2H3;(H,5,6,7). The lowest BCUT2D eigenvalue weighted by atomic mass is 10.1. The molecule has 0 amide bonds. The van der Waals surface area contributed by atoms with Crippen LogP contribution >= 0.6 is 34.4 Å². The second-order valence-corrected chi connectivity index (χ2v) is 11.1. The second kappa shape index (κ2) is 10.8. The predicted molar refractivity (Wildman–Crippen MR) is 110 cm³/mol. The molecule has 4 nitrogen and oxygen atoms in total. The van der Waals surface area contributed by atoms with Gasteiger partial charge in [-0.2, -0.15) is 21.6 Å². The maximum absolute atomic E-state index is 12.8. The third kappa shape index (κ3) is 7.37. The Hall–Kier alpha value is -0.620. The summed E-state index contributed by atoms with van der Waals surface area (Å²) in [6.07, 6.45) is 6.73. The number of rotatable bonds is 5. The van der Waals surface area contributed by atoms with Gasteiger partial charge in [0.05, 0.1) is 9.14 Å². The van der Waals surface area contributed by atoms with E-state index in [1.807, 2.05) is 30.3 Å². The van der Waals surface area contributed by atoms with Crippen LogP contribution in [-0.4, -0.2) is 48.3 Å². The predicted octanol–water partition coefficient (Wildman–Crippen LogP) is 4.95. The molecule has 1 saturated heterocycles. The number of Topliss-reactive ketones (excluding diaryl/α,β-unsaturated/α-hetero) is 1. The second-order valence-electron chi connectivity index (χ2n) is 5.35. The Kier molecular flexibility index (Phi) is 9.76. The van der Waals surface area contributed by atoms with Gasteiger partial charge < -0.3 is 0 Å². The lowest BCUT2D eigenvalue weighted by molar-refractivity contribution is -0.0510. The number of ketones is 1. The largest absolute Gasteiger partial charge is 0.522 e. The molecule has 0 spiro atoms. The molecule has 1 aromatic rings. The lowest BCUT2D eigenvalue weighted by Crippen LogP contribution is -2.21. The molecular formula is C16H21F3O4S4. The smallest absolute Gasteiger partial charge is 0.288 e. The number of thioether (sulfide) groups is 2. The number of thiol groups is 1. The summed E-state index contributed by atoms with van der Waals surface area (Å²) in [5.74, 6) is 2.72. The third-order valence-electron chi connectivity index (χ3n) is 3.53. The average molecular weight is 463 g/mol. The maximum Gasteiger partial charge on any atom is 0.522 e. The SMILES string of the molecule is CSC(SC)=C(C(=O)c1ccccc1)[SH]1CCCC1.O=S(=O)(O)C(F)(F)F. The number of carbonyl (C=O) groups excluding carboxylic acids is 1. The highest BCUT2D eigenvalue weighted by molar-refractivity contribution is 8.26. The van der Waals surface area contributed by atoms with E-state index >= 15 is 0 Å². The van der Waals surface area contributed by atoms with Crippen LogP contribution in [0.5, 0.6) is 0 Å². The van der Waals surface area contributed by atoms with E-state index in [9.17, 15) is 18.0 Å². The van der Waals surface area contributed by atoms with Crippen molar-refractivity contribution in [2.75, 3.05) is 24.0 Å². The van der Waals surface area contributed by atoms with Crippen molar-refractivity contribution in [3.05, 3.63) is 45.0 Å². The van der Waals surface area contributed by atoms with Crippen molar-refractivity contribution in [3.8, 4) is 0 Å². The normalized spacial score (nSPS) is 15.7.